The SMILES string of the molecule is CN([C@@H](C(=O)N1C2CCC1CC(N)C2)C(F)(F)c1ccc(O)cc1)S(=O)(=O)c1ccc2cc(OC3CCCC3)ccc2c1. The Morgan fingerprint density at radius 3 is 2.23 bits per heavy atom. The first-order valence-corrected chi connectivity index (χ1v) is 16.3. The number of aromatic hydroxyl groups is 1. The highest BCUT2D eigenvalue weighted by atomic mass is 32.2. The number of hydrogen-bond acceptors (Lipinski definition) is 6. The van der Waals surface area contributed by atoms with Crippen LogP contribution in [0.1, 0.15) is 56.9 Å². The zero-order chi connectivity index (χ0) is 30.5. The fourth-order valence-corrected chi connectivity index (χ4v) is 8.39. The van der Waals surface area contributed by atoms with Gasteiger partial charge in [0.15, 0.2) is 6.04 Å². The van der Waals surface area contributed by atoms with Crippen molar-refractivity contribution >= 4 is 26.7 Å². The van der Waals surface area contributed by atoms with Crippen molar-refractivity contribution in [1.82, 2.24) is 9.21 Å². The first-order chi connectivity index (χ1) is 20.4. The predicted octanol–water partition coefficient (Wildman–Crippen LogP) is 5.13. The lowest BCUT2D eigenvalue weighted by Gasteiger charge is -2.42. The standard InChI is InChI=1S/C32H37F2N3O5S/c1-36(43(40,41)29-15-7-20-16-28(14-6-21(20)17-29)42-27-4-2-3-5-27)30(32(33,34)22-8-12-26(38)13-9-22)31(39)37-24-10-11-25(37)19-23(35)18-24/h6-9,12-17,23-25,27,30,38H,2-5,10-11,18-19,35H2,1H3/t23?,24?,25?,30-/m0/s1. The molecule has 0 radical (unpaired) electrons. The molecule has 2 saturated heterocycles. The maximum atomic E-state index is 16.4. The second-order valence-corrected chi connectivity index (χ2v) is 14.1. The number of nitrogens with zero attached hydrogens (tertiary/aromatic N) is 2. The van der Waals surface area contributed by atoms with Crippen LogP contribution in [0.4, 0.5) is 8.78 Å². The molecule has 6 rings (SSSR count). The van der Waals surface area contributed by atoms with E-state index in [0.29, 0.717) is 41.1 Å². The molecule has 1 saturated carbocycles. The number of alkyl halides is 2. The van der Waals surface area contributed by atoms with Crippen LogP contribution in [0.15, 0.2) is 65.6 Å². The van der Waals surface area contributed by atoms with Gasteiger partial charge < -0.3 is 20.5 Å². The zero-order valence-electron chi connectivity index (χ0n) is 24.0. The van der Waals surface area contributed by atoms with Gasteiger partial charge in [0.1, 0.15) is 11.5 Å². The summed E-state index contributed by atoms with van der Waals surface area (Å²) in [5.41, 5.74) is 5.59. The molecule has 0 aromatic heterocycles. The van der Waals surface area contributed by atoms with E-state index in [4.69, 9.17) is 10.5 Å². The van der Waals surface area contributed by atoms with Crippen molar-refractivity contribution in [3.8, 4) is 11.5 Å². The summed E-state index contributed by atoms with van der Waals surface area (Å²) in [6.07, 6.45) is 6.67. The highest BCUT2D eigenvalue weighted by Gasteiger charge is 2.56. The van der Waals surface area contributed by atoms with E-state index in [9.17, 15) is 18.3 Å². The van der Waals surface area contributed by atoms with E-state index in [2.05, 4.69) is 0 Å². The van der Waals surface area contributed by atoms with E-state index in [1.54, 1.807) is 18.2 Å². The van der Waals surface area contributed by atoms with Crippen LogP contribution in [-0.2, 0) is 20.7 Å². The highest BCUT2D eigenvalue weighted by molar-refractivity contribution is 7.89. The number of carbonyl (C=O) groups is 1. The number of amides is 1. The number of carbonyl (C=O) groups excluding carboxylic acids is 1. The van der Waals surface area contributed by atoms with Gasteiger partial charge >= 0.3 is 0 Å². The molecule has 3 atom stereocenters. The Morgan fingerprint density at radius 1 is 0.977 bits per heavy atom. The molecule has 2 bridgehead atoms. The smallest absolute Gasteiger partial charge is 0.298 e. The molecule has 1 amide bonds. The number of piperidine rings is 1. The van der Waals surface area contributed by atoms with Crippen molar-refractivity contribution in [2.45, 2.75) is 92.5 Å². The molecule has 3 aromatic carbocycles. The van der Waals surface area contributed by atoms with Crippen LogP contribution in [0.2, 0.25) is 0 Å². The molecule has 1 aliphatic carbocycles. The fraction of sp³-hybridized carbons (Fsp3) is 0.469. The molecule has 2 aliphatic heterocycles. The van der Waals surface area contributed by atoms with Gasteiger partial charge in [-0.25, -0.2) is 8.42 Å². The average molecular weight is 614 g/mol. The number of benzene rings is 3. The third-order valence-corrected chi connectivity index (χ3v) is 11.1. The molecule has 3 fully saturated rings. The monoisotopic (exact) mass is 613 g/mol. The Bertz CT molecular complexity index is 1600. The summed E-state index contributed by atoms with van der Waals surface area (Å²) in [6.45, 7) is 0. The molecule has 8 nitrogen and oxygen atoms in total. The highest BCUT2D eigenvalue weighted by Crippen LogP contribution is 2.42. The summed E-state index contributed by atoms with van der Waals surface area (Å²) >= 11 is 0. The van der Waals surface area contributed by atoms with Crippen molar-refractivity contribution in [2.75, 3.05) is 7.05 Å². The second-order valence-electron chi connectivity index (χ2n) is 12.2. The van der Waals surface area contributed by atoms with E-state index < -0.39 is 33.5 Å². The molecule has 0 spiro atoms. The molecule has 3 N–H and O–H groups in total. The summed E-state index contributed by atoms with van der Waals surface area (Å²) < 4.78 is 67.4. The van der Waals surface area contributed by atoms with Gasteiger partial charge in [0, 0.05) is 30.7 Å². The molecule has 43 heavy (non-hydrogen) atoms. The van der Waals surface area contributed by atoms with Gasteiger partial charge in [-0.2, -0.15) is 13.1 Å². The Labute approximate surface area is 250 Å². The minimum absolute atomic E-state index is 0.138. The number of halogens is 2. The van der Waals surface area contributed by atoms with Gasteiger partial charge in [-0.1, -0.05) is 12.1 Å². The number of likely N-dealkylation sites (N-methyl/N-ethyl adjacent to an activating group) is 1. The van der Waals surface area contributed by atoms with Crippen molar-refractivity contribution in [3.05, 3.63) is 66.2 Å². The molecule has 2 heterocycles. The van der Waals surface area contributed by atoms with Gasteiger partial charge in [0.25, 0.3) is 5.92 Å². The Balaban J connectivity index is 1.35. The lowest BCUT2D eigenvalue weighted by atomic mass is 9.94. The predicted molar refractivity (Wildman–Crippen MR) is 158 cm³/mol. The van der Waals surface area contributed by atoms with E-state index >= 15 is 8.78 Å². The average Bonchev–Trinajstić information content (AvgIpc) is 3.58. The van der Waals surface area contributed by atoms with E-state index in [-0.39, 0.29) is 34.9 Å². The molecule has 3 aromatic rings. The first-order valence-electron chi connectivity index (χ1n) is 14.9. The topological polar surface area (TPSA) is 113 Å². The third kappa shape index (κ3) is 5.58. The first kappa shape index (κ1) is 29.8. The maximum absolute atomic E-state index is 16.4. The Kier molecular flexibility index (Phi) is 7.85. The molecule has 2 unspecified atom stereocenters. The van der Waals surface area contributed by atoms with Gasteiger partial charge in [-0.3, -0.25) is 4.79 Å². The molecule has 230 valence electrons. The van der Waals surface area contributed by atoms with Gasteiger partial charge in [-0.05, 0) is 111 Å². The lowest BCUT2D eigenvalue weighted by Crippen LogP contribution is -2.61. The van der Waals surface area contributed by atoms with E-state index in [0.717, 1.165) is 62.4 Å². The van der Waals surface area contributed by atoms with Crippen LogP contribution in [0.25, 0.3) is 10.8 Å². The number of ether oxygens (including phenoxy) is 1. The minimum Gasteiger partial charge on any atom is -0.508 e. The summed E-state index contributed by atoms with van der Waals surface area (Å²) in [7, 11) is -3.53. The third-order valence-electron chi connectivity index (χ3n) is 9.28. The molecule has 11 heteroatoms. The number of hydrogen-bond donors (Lipinski definition) is 2. The summed E-state index contributed by atoms with van der Waals surface area (Å²) in [5.74, 6) is -4.38. The van der Waals surface area contributed by atoms with Crippen molar-refractivity contribution < 1.29 is 31.8 Å². The largest absolute Gasteiger partial charge is 0.508 e. The Morgan fingerprint density at radius 2 is 1.58 bits per heavy atom. The number of sulfonamides is 1. The lowest BCUT2D eigenvalue weighted by molar-refractivity contribution is -0.154. The Hall–Kier alpha value is -3.28. The van der Waals surface area contributed by atoms with Gasteiger partial charge in [-0.15, -0.1) is 0 Å². The van der Waals surface area contributed by atoms with Crippen LogP contribution in [0, 0.1) is 0 Å². The van der Waals surface area contributed by atoms with Crippen LogP contribution < -0.4 is 10.5 Å². The summed E-state index contributed by atoms with van der Waals surface area (Å²) in [5, 5.41) is 11.0. The number of rotatable bonds is 8. The van der Waals surface area contributed by atoms with Crippen molar-refractivity contribution in [2.24, 2.45) is 5.73 Å². The molecule has 3 aliphatic rings. The summed E-state index contributed by atoms with van der Waals surface area (Å²) in [6, 6.07) is 10.9. The van der Waals surface area contributed by atoms with Gasteiger partial charge in [0.2, 0.25) is 15.9 Å². The summed E-state index contributed by atoms with van der Waals surface area (Å²) in [4.78, 5) is 15.3. The zero-order valence-corrected chi connectivity index (χ0v) is 24.8. The quantitative estimate of drug-likeness (QED) is 0.364. The molecular weight excluding hydrogens is 576 g/mol. The van der Waals surface area contributed by atoms with Crippen LogP contribution in [-0.4, -0.2) is 66.0 Å². The minimum atomic E-state index is -4.57. The van der Waals surface area contributed by atoms with Crippen LogP contribution in [0.5, 0.6) is 11.5 Å². The number of phenolic OH excluding ortho intramolecular Hbond substituents is 1. The number of nitrogens with two attached hydrogens (primary N) is 1. The van der Waals surface area contributed by atoms with E-state index in [1.807, 2.05) is 6.07 Å². The molecular formula is C32H37F2N3O5S. The van der Waals surface area contributed by atoms with Crippen LogP contribution >= 0.6 is 0 Å². The number of phenols is 1. The number of fused-ring (bicyclic) bond motifs is 3. The normalized spacial score (nSPS) is 23.7. The van der Waals surface area contributed by atoms with Gasteiger partial charge in [0.05, 0.1) is 11.0 Å². The van der Waals surface area contributed by atoms with Crippen molar-refractivity contribution in [3.63, 3.8) is 0 Å². The second kappa shape index (κ2) is 11.3. The fourth-order valence-electron chi connectivity index (χ4n) is 7.04. The van der Waals surface area contributed by atoms with Crippen molar-refractivity contribution in [1.29, 1.82) is 0 Å². The van der Waals surface area contributed by atoms with Crippen LogP contribution in [0.3, 0.4) is 0 Å². The maximum Gasteiger partial charge on any atom is 0.298 e. The van der Waals surface area contributed by atoms with E-state index in [1.165, 1.54) is 17.0 Å².